The first-order chi connectivity index (χ1) is 8.87. The molecular weight excluding hydrogens is 272 g/mol. The number of aliphatic hydroxyl groups is 1. The highest BCUT2D eigenvalue weighted by atomic mass is 32.2. The first-order valence-electron chi connectivity index (χ1n) is 5.64. The molecule has 7 heteroatoms. The Hall–Kier alpha value is -1.76. The third-order valence-electron chi connectivity index (χ3n) is 1.76. The normalized spacial score (nSPS) is 12.9. The van der Waals surface area contributed by atoms with Gasteiger partial charge in [-0.15, -0.1) is 0 Å². The Kier molecular flexibility index (Phi) is 7.59. The molecule has 108 valence electrons. The Balaban J connectivity index is 5.05. The molecule has 0 rings (SSSR count). The number of hydrogen-bond donors (Lipinski definition) is 1. The van der Waals surface area contributed by atoms with Gasteiger partial charge in [-0.05, 0) is 19.4 Å². The Labute approximate surface area is 113 Å². The van der Waals surface area contributed by atoms with Crippen LogP contribution in [0.4, 0.5) is 0 Å². The molecule has 0 saturated heterocycles. The Morgan fingerprint density at radius 3 is 2.53 bits per heavy atom. The second-order valence-corrected chi connectivity index (χ2v) is 5.14. The van der Waals surface area contributed by atoms with Gasteiger partial charge in [-0.1, -0.05) is 25.7 Å². The van der Waals surface area contributed by atoms with Crippen LogP contribution in [-0.4, -0.2) is 31.9 Å². The van der Waals surface area contributed by atoms with Crippen LogP contribution in [0.5, 0.6) is 0 Å². The molecule has 0 aliphatic carbocycles. The van der Waals surface area contributed by atoms with Gasteiger partial charge >= 0.3 is 16.1 Å². The number of hydrogen-bond acceptors (Lipinski definition) is 6. The lowest BCUT2D eigenvalue weighted by molar-refractivity contribution is -0.132. The number of allylic oxidation sites excluding steroid dienone is 2. The standard InChI is InChI=1S/C12H18O6S/c1-4-7-10(17-8-5-2)11(13)12(14)18-19(15,16)9-6-3/h4-5,7,13H,2,6,8-9H2,1,3H3/b7-4+,11-10+. The van der Waals surface area contributed by atoms with Crippen LogP contribution in [0.3, 0.4) is 0 Å². The molecule has 0 saturated carbocycles. The van der Waals surface area contributed by atoms with Crippen molar-refractivity contribution < 1.29 is 27.2 Å². The molecule has 0 aromatic carbocycles. The third kappa shape index (κ3) is 6.66. The molecular formula is C12H18O6S. The highest BCUT2D eigenvalue weighted by Crippen LogP contribution is 2.10. The van der Waals surface area contributed by atoms with Crippen LogP contribution in [0.1, 0.15) is 20.3 Å². The van der Waals surface area contributed by atoms with E-state index in [1.165, 1.54) is 18.2 Å². The van der Waals surface area contributed by atoms with Crippen molar-refractivity contribution in [2.45, 2.75) is 20.3 Å². The van der Waals surface area contributed by atoms with Crippen molar-refractivity contribution in [1.29, 1.82) is 0 Å². The van der Waals surface area contributed by atoms with Crippen molar-refractivity contribution >= 4 is 16.1 Å². The molecule has 6 nitrogen and oxygen atoms in total. The molecule has 0 fully saturated rings. The lowest BCUT2D eigenvalue weighted by atomic mass is 10.3. The van der Waals surface area contributed by atoms with Gasteiger partial charge < -0.3 is 14.0 Å². The summed E-state index contributed by atoms with van der Waals surface area (Å²) in [4.78, 5) is 11.5. The summed E-state index contributed by atoms with van der Waals surface area (Å²) in [5.41, 5.74) is 0. The monoisotopic (exact) mass is 290 g/mol. The Morgan fingerprint density at radius 1 is 1.42 bits per heavy atom. The topological polar surface area (TPSA) is 89.9 Å². The number of ether oxygens (including phenoxy) is 1. The van der Waals surface area contributed by atoms with Gasteiger partial charge in [0.1, 0.15) is 6.61 Å². The molecule has 0 aliphatic heterocycles. The number of carbonyl (C=O) groups excluding carboxylic acids is 1. The average Bonchev–Trinajstić information content (AvgIpc) is 2.32. The zero-order valence-electron chi connectivity index (χ0n) is 11.0. The van der Waals surface area contributed by atoms with Gasteiger partial charge in [0, 0.05) is 0 Å². The summed E-state index contributed by atoms with van der Waals surface area (Å²) in [6.07, 6.45) is 4.54. The van der Waals surface area contributed by atoms with E-state index in [1.54, 1.807) is 13.8 Å². The van der Waals surface area contributed by atoms with E-state index in [-0.39, 0.29) is 18.1 Å². The summed E-state index contributed by atoms with van der Waals surface area (Å²) >= 11 is 0. The Bertz CT molecular complexity index is 472. The van der Waals surface area contributed by atoms with Crippen molar-refractivity contribution in [3.05, 3.63) is 36.3 Å². The van der Waals surface area contributed by atoms with Crippen LogP contribution in [0, 0.1) is 0 Å². The van der Waals surface area contributed by atoms with Crippen molar-refractivity contribution in [3.8, 4) is 0 Å². The second kappa shape index (κ2) is 8.36. The van der Waals surface area contributed by atoms with E-state index in [2.05, 4.69) is 10.8 Å². The summed E-state index contributed by atoms with van der Waals surface area (Å²) in [6.45, 7) is 6.74. The molecule has 0 amide bonds. The van der Waals surface area contributed by atoms with Crippen molar-refractivity contribution in [1.82, 2.24) is 0 Å². The minimum absolute atomic E-state index is 0.0543. The van der Waals surface area contributed by atoms with E-state index < -0.39 is 21.8 Å². The maximum absolute atomic E-state index is 11.5. The quantitative estimate of drug-likeness (QED) is 0.241. The Morgan fingerprint density at radius 2 is 2.05 bits per heavy atom. The molecule has 0 aliphatic rings. The molecule has 0 radical (unpaired) electrons. The summed E-state index contributed by atoms with van der Waals surface area (Å²) in [5.74, 6) is -2.76. The number of carbonyl (C=O) groups is 1. The van der Waals surface area contributed by atoms with Gasteiger partial charge in [0.15, 0.2) is 5.76 Å². The highest BCUT2D eigenvalue weighted by molar-refractivity contribution is 7.87. The summed E-state index contributed by atoms with van der Waals surface area (Å²) in [6, 6.07) is 0. The second-order valence-electron chi connectivity index (χ2n) is 3.45. The largest absolute Gasteiger partial charge is 0.499 e. The van der Waals surface area contributed by atoms with Crippen molar-refractivity contribution in [2.24, 2.45) is 0 Å². The minimum Gasteiger partial charge on any atom is -0.499 e. The predicted molar refractivity (Wildman–Crippen MR) is 70.8 cm³/mol. The summed E-state index contributed by atoms with van der Waals surface area (Å²) in [5, 5.41) is 9.60. The van der Waals surface area contributed by atoms with E-state index in [1.807, 2.05) is 0 Å². The highest BCUT2D eigenvalue weighted by Gasteiger charge is 2.22. The van der Waals surface area contributed by atoms with E-state index in [0.717, 1.165) is 0 Å². The molecule has 0 bridgehead atoms. The van der Waals surface area contributed by atoms with Crippen molar-refractivity contribution in [3.63, 3.8) is 0 Å². The van der Waals surface area contributed by atoms with Crippen LogP contribution in [-0.2, 0) is 23.8 Å². The van der Waals surface area contributed by atoms with Crippen molar-refractivity contribution in [2.75, 3.05) is 12.4 Å². The predicted octanol–water partition coefficient (Wildman–Crippen LogP) is 1.82. The third-order valence-corrected chi connectivity index (χ3v) is 3.07. The van der Waals surface area contributed by atoms with Crippen LogP contribution < -0.4 is 0 Å². The molecule has 0 aromatic rings. The first kappa shape index (κ1) is 17.2. The molecule has 0 atom stereocenters. The smallest absolute Gasteiger partial charge is 0.392 e. The SMILES string of the molecule is C=CCOC(/C=C/C)=C(/O)C(=O)OS(=O)(=O)CCC. The van der Waals surface area contributed by atoms with E-state index >= 15 is 0 Å². The minimum atomic E-state index is -3.99. The van der Waals surface area contributed by atoms with Crippen LogP contribution in [0.2, 0.25) is 0 Å². The molecule has 1 N–H and O–H groups in total. The fourth-order valence-corrected chi connectivity index (χ4v) is 1.94. The van der Waals surface area contributed by atoms with Crippen LogP contribution >= 0.6 is 0 Å². The molecule has 0 heterocycles. The number of rotatable bonds is 8. The van der Waals surface area contributed by atoms with Gasteiger partial charge in [-0.3, -0.25) is 0 Å². The fourth-order valence-electron chi connectivity index (χ4n) is 1.04. The zero-order chi connectivity index (χ0) is 14.9. The van der Waals surface area contributed by atoms with Gasteiger partial charge in [-0.25, -0.2) is 4.79 Å². The van der Waals surface area contributed by atoms with E-state index in [4.69, 9.17) is 4.74 Å². The van der Waals surface area contributed by atoms with Crippen LogP contribution in [0.25, 0.3) is 0 Å². The van der Waals surface area contributed by atoms with E-state index in [9.17, 15) is 18.3 Å². The lowest BCUT2D eigenvalue weighted by Gasteiger charge is -2.08. The van der Waals surface area contributed by atoms with Gasteiger partial charge in [-0.2, -0.15) is 8.42 Å². The molecule has 0 spiro atoms. The van der Waals surface area contributed by atoms with Crippen LogP contribution in [0.15, 0.2) is 36.3 Å². The zero-order valence-corrected chi connectivity index (χ0v) is 11.8. The first-order valence-corrected chi connectivity index (χ1v) is 7.21. The van der Waals surface area contributed by atoms with E-state index in [0.29, 0.717) is 6.42 Å². The summed E-state index contributed by atoms with van der Waals surface area (Å²) < 4.78 is 31.8. The number of aliphatic hydroxyl groups excluding tert-OH is 1. The lowest BCUT2D eigenvalue weighted by Crippen LogP contribution is -2.18. The average molecular weight is 290 g/mol. The summed E-state index contributed by atoms with van der Waals surface area (Å²) in [7, 11) is -3.99. The molecule has 19 heavy (non-hydrogen) atoms. The molecule has 0 unspecified atom stereocenters. The fraction of sp³-hybridized carbons (Fsp3) is 0.417. The molecule has 0 aromatic heterocycles. The van der Waals surface area contributed by atoms with Gasteiger partial charge in [0.2, 0.25) is 5.76 Å². The van der Waals surface area contributed by atoms with Gasteiger partial charge in [0.25, 0.3) is 0 Å². The maximum Gasteiger partial charge on any atom is 0.392 e. The maximum atomic E-state index is 11.5. The van der Waals surface area contributed by atoms with Gasteiger partial charge in [0.05, 0.1) is 5.75 Å².